The van der Waals surface area contributed by atoms with Gasteiger partial charge in [-0.2, -0.15) is 10.2 Å². The Balaban J connectivity index is 1.65. The molecule has 2 atom stereocenters. The summed E-state index contributed by atoms with van der Waals surface area (Å²) in [4.78, 5) is 6.72. The maximum atomic E-state index is 12.4. The molecule has 1 saturated heterocycles. The van der Waals surface area contributed by atoms with Crippen LogP contribution < -0.4 is 0 Å². The van der Waals surface area contributed by atoms with Crippen LogP contribution in [0.5, 0.6) is 0 Å². The Hall–Kier alpha value is -2.67. The number of aromatic nitrogens is 3. The van der Waals surface area contributed by atoms with Crippen LogP contribution in [0.3, 0.4) is 0 Å². The van der Waals surface area contributed by atoms with Crippen LogP contribution in [-0.4, -0.2) is 50.4 Å². The number of aryl methyl sites for hydroxylation is 2. The number of aliphatic hydroxyl groups is 2. The molecule has 1 aliphatic heterocycles. The van der Waals surface area contributed by atoms with E-state index < -0.39 is 11.2 Å². The molecule has 0 saturated carbocycles. The number of hydrogen-bond acceptors (Lipinski definition) is 6. The van der Waals surface area contributed by atoms with Crippen LogP contribution in [0.2, 0.25) is 0 Å². The molecule has 4 rings (SSSR count). The Morgan fingerprint density at radius 1 is 1.06 bits per heavy atom. The van der Waals surface area contributed by atoms with Crippen molar-refractivity contribution >= 4 is 0 Å². The standard InChI is InChI=1S/C29H38N4O2/c1-20(2)22-10-12-23(13-11-22)29(35,27(4)18-33(6)19-27)24-16-25(32-30-17-24)14-15-28(5,34)26-9-7-8-21(3)31-26/h7-13,16-17,20,34-35H,14-15,18-19H2,1-6H3/t28?,29-/m0/s1. The number of pyridine rings is 1. The van der Waals surface area contributed by atoms with Gasteiger partial charge in [0.2, 0.25) is 0 Å². The highest BCUT2D eigenvalue weighted by Gasteiger charge is 2.55. The first-order valence-electron chi connectivity index (χ1n) is 12.4. The molecule has 0 amide bonds. The van der Waals surface area contributed by atoms with Crippen LogP contribution in [0, 0.1) is 12.3 Å². The van der Waals surface area contributed by atoms with Gasteiger partial charge in [0.25, 0.3) is 0 Å². The predicted molar refractivity (Wildman–Crippen MR) is 138 cm³/mol. The monoisotopic (exact) mass is 474 g/mol. The van der Waals surface area contributed by atoms with Crippen molar-refractivity contribution in [1.82, 2.24) is 20.1 Å². The summed E-state index contributed by atoms with van der Waals surface area (Å²) >= 11 is 0. The summed E-state index contributed by atoms with van der Waals surface area (Å²) in [5.74, 6) is 0.424. The minimum absolute atomic E-state index is 0.363. The molecule has 0 spiro atoms. The molecule has 1 unspecified atom stereocenters. The van der Waals surface area contributed by atoms with E-state index in [1.807, 2.05) is 43.3 Å². The fraction of sp³-hybridized carbons (Fsp3) is 0.483. The van der Waals surface area contributed by atoms with E-state index in [0.717, 1.165) is 35.6 Å². The zero-order valence-electron chi connectivity index (χ0n) is 21.8. The highest BCUT2D eigenvalue weighted by molar-refractivity contribution is 5.41. The maximum absolute atomic E-state index is 12.4. The highest BCUT2D eigenvalue weighted by atomic mass is 16.3. The molecule has 6 heteroatoms. The fourth-order valence-corrected chi connectivity index (χ4v) is 5.42. The summed E-state index contributed by atoms with van der Waals surface area (Å²) < 4.78 is 0. The highest BCUT2D eigenvalue weighted by Crippen LogP contribution is 2.50. The lowest BCUT2D eigenvalue weighted by Gasteiger charge is -2.55. The SMILES string of the molecule is Cc1cccc(C(C)(O)CCc2cc([C@@](O)(c3ccc(C(C)C)cc3)C3(C)CN(C)C3)cnn2)n1. The van der Waals surface area contributed by atoms with Crippen molar-refractivity contribution in [3.63, 3.8) is 0 Å². The number of rotatable bonds is 8. The van der Waals surface area contributed by atoms with E-state index in [1.54, 1.807) is 13.1 Å². The molecule has 186 valence electrons. The zero-order chi connectivity index (χ0) is 25.4. The smallest absolute Gasteiger partial charge is 0.124 e. The topological polar surface area (TPSA) is 82.4 Å². The van der Waals surface area contributed by atoms with Gasteiger partial charge in [-0.1, -0.05) is 51.1 Å². The number of nitrogens with zero attached hydrogens (tertiary/aromatic N) is 4. The molecule has 1 aliphatic rings. The first kappa shape index (κ1) is 25.4. The van der Waals surface area contributed by atoms with Crippen molar-refractivity contribution in [2.24, 2.45) is 5.41 Å². The van der Waals surface area contributed by atoms with Gasteiger partial charge in [0, 0.05) is 29.8 Å². The second-order valence-electron chi connectivity index (χ2n) is 11.1. The predicted octanol–water partition coefficient (Wildman–Crippen LogP) is 4.33. The fourth-order valence-electron chi connectivity index (χ4n) is 5.42. The first-order valence-corrected chi connectivity index (χ1v) is 12.4. The summed E-state index contributed by atoms with van der Waals surface area (Å²) in [6, 6.07) is 15.9. The van der Waals surface area contributed by atoms with Crippen LogP contribution in [0.4, 0.5) is 0 Å². The van der Waals surface area contributed by atoms with Crippen molar-refractivity contribution in [3.05, 3.63) is 88.5 Å². The van der Waals surface area contributed by atoms with E-state index in [-0.39, 0.29) is 5.41 Å². The quantitative estimate of drug-likeness (QED) is 0.506. The molecule has 3 heterocycles. The van der Waals surface area contributed by atoms with Crippen molar-refractivity contribution in [2.75, 3.05) is 20.1 Å². The van der Waals surface area contributed by atoms with Gasteiger partial charge in [-0.3, -0.25) is 4.98 Å². The second-order valence-corrected chi connectivity index (χ2v) is 11.1. The Bertz CT molecular complexity index is 1170. The average molecular weight is 475 g/mol. The summed E-state index contributed by atoms with van der Waals surface area (Å²) in [5.41, 5.74) is 2.45. The summed E-state index contributed by atoms with van der Waals surface area (Å²) in [7, 11) is 2.07. The molecule has 1 fully saturated rings. The molecule has 1 aromatic carbocycles. The molecule has 6 nitrogen and oxygen atoms in total. The van der Waals surface area contributed by atoms with Gasteiger partial charge in [-0.05, 0) is 69.0 Å². The van der Waals surface area contributed by atoms with Crippen molar-refractivity contribution < 1.29 is 10.2 Å². The van der Waals surface area contributed by atoms with Crippen molar-refractivity contribution in [3.8, 4) is 0 Å². The van der Waals surface area contributed by atoms with Crippen LogP contribution in [0.1, 0.15) is 73.8 Å². The second kappa shape index (κ2) is 9.41. The van der Waals surface area contributed by atoms with Gasteiger partial charge < -0.3 is 15.1 Å². The third-order valence-electron chi connectivity index (χ3n) is 7.54. The molecule has 2 aromatic heterocycles. The van der Waals surface area contributed by atoms with Crippen molar-refractivity contribution in [2.45, 2.75) is 64.6 Å². The normalized spacial score (nSPS) is 19.1. The zero-order valence-corrected chi connectivity index (χ0v) is 21.8. The molecule has 2 N–H and O–H groups in total. The maximum Gasteiger partial charge on any atom is 0.124 e. The van der Waals surface area contributed by atoms with Gasteiger partial charge in [-0.25, -0.2) is 0 Å². The Morgan fingerprint density at radius 2 is 1.74 bits per heavy atom. The number of benzene rings is 1. The van der Waals surface area contributed by atoms with Crippen molar-refractivity contribution in [1.29, 1.82) is 0 Å². The largest absolute Gasteiger partial charge is 0.384 e. The van der Waals surface area contributed by atoms with E-state index in [4.69, 9.17) is 0 Å². The number of likely N-dealkylation sites (tertiary alicyclic amines) is 1. The summed E-state index contributed by atoms with van der Waals surface area (Å²) in [6.07, 6.45) is 2.65. The van der Waals surface area contributed by atoms with Gasteiger partial charge in [-0.15, -0.1) is 0 Å². The van der Waals surface area contributed by atoms with E-state index in [1.165, 1.54) is 5.56 Å². The Kier molecular flexibility index (Phi) is 6.84. The van der Waals surface area contributed by atoms with Crippen LogP contribution in [0.15, 0.2) is 54.7 Å². The summed E-state index contributed by atoms with van der Waals surface area (Å²) in [5, 5.41) is 32.1. The lowest BCUT2D eigenvalue weighted by atomic mass is 9.62. The first-order chi connectivity index (χ1) is 16.4. The molecule has 0 radical (unpaired) electrons. The van der Waals surface area contributed by atoms with Crippen LogP contribution >= 0.6 is 0 Å². The van der Waals surface area contributed by atoms with E-state index in [9.17, 15) is 10.2 Å². The average Bonchev–Trinajstić information content (AvgIpc) is 2.81. The molecule has 3 aromatic rings. The lowest BCUT2D eigenvalue weighted by Crippen LogP contribution is -2.63. The Labute approximate surface area is 209 Å². The van der Waals surface area contributed by atoms with Crippen LogP contribution in [0.25, 0.3) is 0 Å². The lowest BCUT2D eigenvalue weighted by molar-refractivity contribution is -0.127. The van der Waals surface area contributed by atoms with Gasteiger partial charge in [0.05, 0.1) is 17.6 Å². The number of hydrogen-bond donors (Lipinski definition) is 2. The molecule has 35 heavy (non-hydrogen) atoms. The minimum Gasteiger partial charge on any atom is -0.384 e. The molecular formula is C29H38N4O2. The molecule has 0 bridgehead atoms. The molecular weight excluding hydrogens is 436 g/mol. The third-order valence-corrected chi connectivity index (χ3v) is 7.54. The minimum atomic E-state index is -1.21. The van der Waals surface area contributed by atoms with Gasteiger partial charge >= 0.3 is 0 Å². The van der Waals surface area contributed by atoms with E-state index in [0.29, 0.717) is 24.5 Å². The van der Waals surface area contributed by atoms with E-state index in [2.05, 4.69) is 60.0 Å². The summed E-state index contributed by atoms with van der Waals surface area (Å²) in [6.45, 7) is 11.7. The van der Waals surface area contributed by atoms with E-state index >= 15 is 0 Å². The molecule has 0 aliphatic carbocycles. The Morgan fingerprint density at radius 3 is 2.34 bits per heavy atom. The van der Waals surface area contributed by atoms with Gasteiger partial charge in [0.15, 0.2) is 0 Å². The van der Waals surface area contributed by atoms with Gasteiger partial charge in [0.1, 0.15) is 11.2 Å². The van der Waals surface area contributed by atoms with Crippen LogP contribution in [-0.2, 0) is 17.6 Å². The third kappa shape index (κ3) is 4.88.